The number of aryl methyl sites for hydroxylation is 1. The van der Waals surface area contributed by atoms with Gasteiger partial charge < -0.3 is 4.57 Å². The van der Waals surface area contributed by atoms with Crippen molar-refractivity contribution in [2.45, 2.75) is 25.8 Å². The summed E-state index contributed by atoms with van der Waals surface area (Å²) in [5.41, 5.74) is -0.0323. The van der Waals surface area contributed by atoms with Crippen LogP contribution in [-0.4, -0.2) is 4.57 Å². The average molecular weight is 334 g/mol. The number of halogens is 2. The molecule has 0 radical (unpaired) electrons. The summed E-state index contributed by atoms with van der Waals surface area (Å²) in [6.45, 7) is 0.651. The number of rotatable bonds is 4. The third kappa shape index (κ3) is 3.80. The van der Waals surface area contributed by atoms with E-state index in [0.29, 0.717) is 17.4 Å². The minimum atomic E-state index is -0.0323. The van der Waals surface area contributed by atoms with Crippen LogP contribution >= 0.6 is 31.9 Å². The zero-order valence-corrected chi connectivity index (χ0v) is 11.2. The Hall–Kier alpha value is -0.600. The number of nitriles is 1. The number of hydrogen-bond acceptors (Lipinski definition) is 2. The van der Waals surface area contributed by atoms with E-state index in [0.717, 1.165) is 17.3 Å². The number of aromatic nitrogens is 1. The fraction of sp³-hybridized carbons (Fsp3) is 0.400. The standard InChI is InChI=1S/C10H10Br2N2O/c11-8-6-9(12)10(15)14(7-8)5-3-1-2-4-13/h6-7H,1-3,5H2. The molecule has 0 aliphatic heterocycles. The highest BCUT2D eigenvalue weighted by Gasteiger charge is 2.02. The molecule has 0 bridgehead atoms. The van der Waals surface area contributed by atoms with Crippen LogP contribution in [0.3, 0.4) is 0 Å². The van der Waals surface area contributed by atoms with E-state index in [-0.39, 0.29) is 5.56 Å². The van der Waals surface area contributed by atoms with Gasteiger partial charge in [-0.2, -0.15) is 5.26 Å². The SMILES string of the molecule is N#CCCCCn1cc(Br)cc(Br)c1=O. The van der Waals surface area contributed by atoms with Crippen molar-refractivity contribution in [2.75, 3.05) is 0 Å². The van der Waals surface area contributed by atoms with Crippen LogP contribution in [0.4, 0.5) is 0 Å². The van der Waals surface area contributed by atoms with Gasteiger partial charge >= 0.3 is 0 Å². The molecule has 80 valence electrons. The minimum absolute atomic E-state index is 0.0323. The van der Waals surface area contributed by atoms with E-state index in [9.17, 15) is 4.79 Å². The fourth-order valence-electron chi connectivity index (χ4n) is 1.22. The zero-order chi connectivity index (χ0) is 11.3. The second kappa shape index (κ2) is 6.09. The van der Waals surface area contributed by atoms with Gasteiger partial charge in [0.15, 0.2) is 0 Å². The molecule has 0 atom stereocenters. The van der Waals surface area contributed by atoms with Crippen LogP contribution < -0.4 is 5.56 Å². The first-order valence-electron chi connectivity index (χ1n) is 4.57. The van der Waals surface area contributed by atoms with Crippen molar-refractivity contribution < 1.29 is 0 Å². The van der Waals surface area contributed by atoms with Crippen LogP contribution in [0.25, 0.3) is 0 Å². The van der Waals surface area contributed by atoms with Gasteiger partial charge in [0.25, 0.3) is 5.56 Å². The van der Waals surface area contributed by atoms with Gasteiger partial charge in [-0.3, -0.25) is 4.79 Å². The molecular weight excluding hydrogens is 324 g/mol. The maximum Gasteiger partial charge on any atom is 0.264 e. The smallest absolute Gasteiger partial charge is 0.264 e. The molecule has 0 aromatic carbocycles. The molecular formula is C10H10Br2N2O. The Morgan fingerprint density at radius 3 is 2.80 bits per heavy atom. The summed E-state index contributed by atoms with van der Waals surface area (Å²) in [6, 6.07) is 3.82. The van der Waals surface area contributed by atoms with Crippen molar-refractivity contribution >= 4 is 31.9 Å². The van der Waals surface area contributed by atoms with Crippen LogP contribution in [0.1, 0.15) is 19.3 Å². The molecule has 3 nitrogen and oxygen atoms in total. The molecule has 0 saturated heterocycles. The molecule has 0 amide bonds. The van der Waals surface area contributed by atoms with Crippen molar-refractivity contribution in [3.63, 3.8) is 0 Å². The quantitative estimate of drug-likeness (QED) is 0.795. The number of unbranched alkanes of at least 4 members (excludes halogenated alkanes) is 2. The second-order valence-corrected chi connectivity index (χ2v) is 4.89. The lowest BCUT2D eigenvalue weighted by Gasteiger charge is -2.05. The molecule has 0 aliphatic carbocycles. The first-order valence-corrected chi connectivity index (χ1v) is 6.16. The van der Waals surface area contributed by atoms with Gasteiger partial charge in [0, 0.05) is 23.6 Å². The van der Waals surface area contributed by atoms with Gasteiger partial charge in [-0.15, -0.1) is 0 Å². The molecule has 0 N–H and O–H groups in total. The molecule has 1 rings (SSSR count). The molecule has 0 unspecified atom stereocenters. The van der Waals surface area contributed by atoms with Gasteiger partial charge in [-0.05, 0) is 50.8 Å². The normalized spacial score (nSPS) is 9.93. The molecule has 0 spiro atoms. The number of hydrogen-bond donors (Lipinski definition) is 0. The summed E-state index contributed by atoms with van der Waals surface area (Å²) in [7, 11) is 0. The van der Waals surface area contributed by atoms with Gasteiger partial charge in [-0.25, -0.2) is 0 Å². The van der Waals surface area contributed by atoms with E-state index in [1.54, 1.807) is 16.8 Å². The number of pyridine rings is 1. The lowest BCUT2D eigenvalue weighted by atomic mass is 10.2. The highest BCUT2D eigenvalue weighted by atomic mass is 79.9. The minimum Gasteiger partial charge on any atom is -0.313 e. The Kier molecular flexibility index (Phi) is 5.06. The third-order valence-electron chi connectivity index (χ3n) is 1.95. The highest BCUT2D eigenvalue weighted by molar-refractivity contribution is 9.11. The van der Waals surface area contributed by atoms with Gasteiger partial charge in [0.05, 0.1) is 10.5 Å². The van der Waals surface area contributed by atoms with Crippen LogP contribution in [0.5, 0.6) is 0 Å². The lowest BCUT2D eigenvalue weighted by Crippen LogP contribution is -2.20. The molecule has 5 heteroatoms. The average Bonchev–Trinajstić information content (AvgIpc) is 2.19. The van der Waals surface area contributed by atoms with E-state index in [2.05, 4.69) is 37.9 Å². The molecule has 1 aromatic heterocycles. The van der Waals surface area contributed by atoms with Crippen molar-refractivity contribution in [1.82, 2.24) is 4.57 Å². The zero-order valence-electron chi connectivity index (χ0n) is 8.04. The topological polar surface area (TPSA) is 45.8 Å². The number of nitrogens with zero attached hydrogens (tertiary/aromatic N) is 2. The fourth-order valence-corrected chi connectivity index (χ4v) is 2.47. The molecule has 0 aliphatic rings. The first-order chi connectivity index (χ1) is 7.15. The van der Waals surface area contributed by atoms with Crippen molar-refractivity contribution in [1.29, 1.82) is 5.26 Å². The first kappa shape index (κ1) is 12.5. The Morgan fingerprint density at radius 1 is 1.40 bits per heavy atom. The maximum absolute atomic E-state index is 11.6. The summed E-state index contributed by atoms with van der Waals surface area (Å²) in [4.78, 5) is 11.6. The van der Waals surface area contributed by atoms with Gasteiger partial charge in [0.1, 0.15) is 0 Å². The third-order valence-corrected chi connectivity index (χ3v) is 2.95. The molecule has 0 saturated carbocycles. The van der Waals surface area contributed by atoms with Gasteiger partial charge in [-0.1, -0.05) is 0 Å². The van der Waals surface area contributed by atoms with E-state index in [4.69, 9.17) is 5.26 Å². The van der Waals surface area contributed by atoms with Crippen LogP contribution in [0.2, 0.25) is 0 Å². The van der Waals surface area contributed by atoms with E-state index in [1.807, 2.05) is 0 Å². The maximum atomic E-state index is 11.6. The predicted octanol–water partition coefficient (Wildman–Crippen LogP) is 3.07. The predicted molar refractivity (Wildman–Crippen MR) is 65.6 cm³/mol. The summed E-state index contributed by atoms with van der Waals surface area (Å²) in [5, 5.41) is 8.37. The Balaban J connectivity index is 2.69. The summed E-state index contributed by atoms with van der Waals surface area (Å²) in [5.74, 6) is 0. The molecule has 15 heavy (non-hydrogen) atoms. The Labute approximate surface area is 105 Å². The van der Waals surface area contributed by atoms with E-state index >= 15 is 0 Å². The lowest BCUT2D eigenvalue weighted by molar-refractivity contribution is 0.596. The summed E-state index contributed by atoms with van der Waals surface area (Å²) < 4.78 is 3.07. The van der Waals surface area contributed by atoms with Crippen molar-refractivity contribution in [3.8, 4) is 6.07 Å². The molecule has 1 heterocycles. The van der Waals surface area contributed by atoms with Crippen LogP contribution in [0.15, 0.2) is 26.0 Å². The Bertz CT molecular complexity index is 434. The largest absolute Gasteiger partial charge is 0.313 e. The van der Waals surface area contributed by atoms with E-state index in [1.165, 1.54) is 0 Å². The van der Waals surface area contributed by atoms with Crippen molar-refractivity contribution in [3.05, 3.63) is 31.6 Å². The van der Waals surface area contributed by atoms with Crippen LogP contribution in [0, 0.1) is 11.3 Å². The monoisotopic (exact) mass is 332 g/mol. The molecule has 0 fully saturated rings. The van der Waals surface area contributed by atoms with Crippen LogP contribution in [-0.2, 0) is 6.54 Å². The summed E-state index contributed by atoms with van der Waals surface area (Å²) >= 11 is 6.53. The summed E-state index contributed by atoms with van der Waals surface area (Å²) in [6.07, 6.45) is 3.98. The van der Waals surface area contributed by atoms with Crippen molar-refractivity contribution in [2.24, 2.45) is 0 Å². The second-order valence-electron chi connectivity index (χ2n) is 3.12. The van der Waals surface area contributed by atoms with Gasteiger partial charge in [0.2, 0.25) is 0 Å². The van der Waals surface area contributed by atoms with E-state index < -0.39 is 0 Å². The Morgan fingerprint density at radius 2 is 2.13 bits per heavy atom. The molecule has 1 aromatic rings. The highest BCUT2D eigenvalue weighted by Crippen LogP contribution is 2.13.